The van der Waals surface area contributed by atoms with Crippen molar-refractivity contribution in [2.75, 3.05) is 24.2 Å². The van der Waals surface area contributed by atoms with Crippen LogP contribution in [-0.4, -0.2) is 41.0 Å². The van der Waals surface area contributed by atoms with E-state index in [9.17, 15) is 9.59 Å². The number of nitrogens with one attached hydrogen (secondary N) is 1. The van der Waals surface area contributed by atoms with E-state index in [0.717, 1.165) is 19.3 Å². The van der Waals surface area contributed by atoms with Crippen LogP contribution >= 0.6 is 35.5 Å². The maximum absolute atomic E-state index is 12.2. The molecule has 1 aromatic rings. The minimum absolute atomic E-state index is 0. The molecule has 1 amide bonds. The second kappa shape index (κ2) is 10.1. The van der Waals surface area contributed by atoms with E-state index >= 15 is 0 Å². The van der Waals surface area contributed by atoms with Crippen LogP contribution < -0.4 is 11.1 Å². The molecule has 0 spiro atoms. The van der Waals surface area contributed by atoms with Gasteiger partial charge < -0.3 is 15.8 Å². The summed E-state index contributed by atoms with van der Waals surface area (Å²) >= 11 is 2.51. The van der Waals surface area contributed by atoms with Gasteiger partial charge in [-0.2, -0.15) is 0 Å². The van der Waals surface area contributed by atoms with Crippen LogP contribution in [0.5, 0.6) is 0 Å². The van der Waals surface area contributed by atoms with Crippen molar-refractivity contribution in [3.05, 3.63) is 0 Å². The molecule has 10 heteroatoms. The maximum Gasteiger partial charge on any atom is 0.316 e. The van der Waals surface area contributed by atoms with Crippen LogP contribution in [0.25, 0.3) is 0 Å². The maximum atomic E-state index is 12.2. The number of hydrogen-bond acceptors (Lipinski definition) is 8. The van der Waals surface area contributed by atoms with E-state index < -0.39 is 0 Å². The summed E-state index contributed by atoms with van der Waals surface area (Å²) in [5, 5.41) is 11.1. The van der Waals surface area contributed by atoms with Gasteiger partial charge in [0, 0.05) is 5.92 Å². The minimum Gasteiger partial charge on any atom is -0.465 e. The summed E-state index contributed by atoms with van der Waals surface area (Å²) in [5.74, 6) is 0.0834. The van der Waals surface area contributed by atoms with Crippen LogP contribution in [0.1, 0.15) is 26.2 Å². The lowest BCUT2D eigenvalue weighted by molar-refractivity contribution is -0.139. The average molecular weight is 381 g/mol. The van der Waals surface area contributed by atoms with E-state index in [1.165, 1.54) is 23.1 Å². The lowest BCUT2D eigenvalue weighted by Crippen LogP contribution is -2.29. The first kappa shape index (κ1) is 20.1. The second-order valence-electron chi connectivity index (χ2n) is 4.99. The largest absolute Gasteiger partial charge is 0.465 e. The average Bonchev–Trinajstić information content (AvgIpc) is 3.14. The van der Waals surface area contributed by atoms with Gasteiger partial charge >= 0.3 is 5.97 Å². The van der Waals surface area contributed by atoms with Crippen molar-refractivity contribution in [3.8, 4) is 0 Å². The van der Waals surface area contributed by atoms with Crippen molar-refractivity contribution in [2.24, 2.45) is 17.6 Å². The van der Waals surface area contributed by atoms with Crippen molar-refractivity contribution < 1.29 is 14.3 Å². The highest BCUT2D eigenvalue weighted by molar-refractivity contribution is 8.01. The first-order chi connectivity index (χ1) is 10.6. The molecule has 0 saturated heterocycles. The van der Waals surface area contributed by atoms with Gasteiger partial charge in [-0.05, 0) is 32.2 Å². The number of esters is 1. The lowest BCUT2D eigenvalue weighted by Gasteiger charge is -2.15. The molecule has 0 bridgehead atoms. The highest BCUT2D eigenvalue weighted by atomic mass is 35.5. The molecule has 2 rings (SSSR count). The highest BCUT2D eigenvalue weighted by Crippen LogP contribution is 2.32. The van der Waals surface area contributed by atoms with Gasteiger partial charge in [-0.3, -0.25) is 9.59 Å². The number of anilines is 1. The van der Waals surface area contributed by atoms with Gasteiger partial charge in [0.15, 0.2) is 4.34 Å². The fraction of sp³-hybridized carbons (Fsp3) is 0.692. The van der Waals surface area contributed by atoms with Gasteiger partial charge in [-0.1, -0.05) is 29.5 Å². The van der Waals surface area contributed by atoms with Crippen LogP contribution in [0.4, 0.5) is 5.13 Å². The number of thioether (sulfide) groups is 1. The number of aromatic nitrogens is 2. The molecule has 0 aliphatic heterocycles. The molecule has 1 aliphatic carbocycles. The molecule has 0 unspecified atom stereocenters. The summed E-state index contributed by atoms with van der Waals surface area (Å²) in [6.07, 6.45) is 2.92. The van der Waals surface area contributed by atoms with Crippen molar-refractivity contribution in [3.63, 3.8) is 0 Å². The molecule has 1 aliphatic rings. The number of nitrogens with two attached hydrogens (primary N) is 1. The zero-order valence-corrected chi connectivity index (χ0v) is 15.3. The molecule has 1 saturated carbocycles. The Hall–Kier alpha value is -0.900. The summed E-state index contributed by atoms with van der Waals surface area (Å²) in [5.41, 5.74) is 5.70. The molecule has 0 radical (unpaired) electrons. The van der Waals surface area contributed by atoms with Gasteiger partial charge in [-0.15, -0.1) is 22.6 Å². The van der Waals surface area contributed by atoms with Gasteiger partial charge in [-0.25, -0.2) is 0 Å². The van der Waals surface area contributed by atoms with E-state index in [1.807, 2.05) is 0 Å². The fourth-order valence-electron chi connectivity index (χ4n) is 2.50. The fourth-order valence-corrected chi connectivity index (χ4v) is 4.06. The third-order valence-corrected chi connectivity index (χ3v) is 5.50. The van der Waals surface area contributed by atoms with Crippen LogP contribution in [-0.2, 0) is 14.3 Å². The Bertz CT molecular complexity index is 529. The van der Waals surface area contributed by atoms with E-state index in [4.69, 9.17) is 10.5 Å². The molecule has 130 valence electrons. The number of hydrogen-bond donors (Lipinski definition) is 2. The highest BCUT2D eigenvalue weighted by Gasteiger charge is 2.32. The molecule has 1 fully saturated rings. The Labute approximate surface area is 149 Å². The summed E-state index contributed by atoms with van der Waals surface area (Å²) < 4.78 is 5.47. The standard InChI is InChI=1S/C13H20N4O3S2.ClH/c1-2-20-10(18)7-21-13-17-16-12(22-13)15-11(19)9-5-3-4-8(9)6-14;/h8-9H,2-7,14H2,1H3,(H,15,16,19);1H/t8-,9-;/m1./s1. The Morgan fingerprint density at radius 3 is 2.91 bits per heavy atom. The van der Waals surface area contributed by atoms with E-state index in [-0.39, 0.29) is 41.9 Å². The monoisotopic (exact) mass is 380 g/mol. The normalized spacial score (nSPS) is 19.9. The third-order valence-electron chi connectivity index (χ3n) is 3.55. The topological polar surface area (TPSA) is 107 Å². The van der Waals surface area contributed by atoms with Gasteiger partial charge in [0.05, 0.1) is 12.4 Å². The Balaban J connectivity index is 0.00000264. The van der Waals surface area contributed by atoms with Crippen molar-refractivity contribution in [1.29, 1.82) is 0 Å². The first-order valence-electron chi connectivity index (χ1n) is 7.26. The first-order valence-corrected chi connectivity index (χ1v) is 9.07. The summed E-state index contributed by atoms with van der Waals surface area (Å²) in [6, 6.07) is 0. The van der Waals surface area contributed by atoms with Gasteiger partial charge in [0.25, 0.3) is 0 Å². The van der Waals surface area contributed by atoms with Crippen LogP contribution in [0, 0.1) is 11.8 Å². The Kier molecular flexibility index (Phi) is 8.82. The number of ether oxygens (including phenoxy) is 1. The summed E-state index contributed by atoms with van der Waals surface area (Å²) in [4.78, 5) is 23.5. The number of halogens is 1. The summed E-state index contributed by atoms with van der Waals surface area (Å²) in [6.45, 7) is 2.66. The van der Waals surface area contributed by atoms with Crippen molar-refractivity contribution >= 4 is 52.5 Å². The Morgan fingerprint density at radius 1 is 1.43 bits per heavy atom. The smallest absolute Gasteiger partial charge is 0.316 e. The van der Waals surface area contributed by atoms with Crippen LogP contribution in [0.15, 0.2) is 4.34 Å². The SMILES string of the molecule is CCOC(=O)CSc1nnc(NC(=O)[C@@H]2CCC[C@@H]2CN)s1.Cl. The molecule has 1 aromatic heterocycles. The zero-order valence-electron chi connectivity index (χ0n) is 12.8. The number of rotatable bonds is 7. The van der Waals surface area contributed by atoms with Gasteiger partial charge in [0.2, 0.25) is 11.0 Å². The number of carbonyl (C=O) groups is 2. The predicted molar refractivity (Wildman–Crippen MR) is 93.0 cm³/mol. The number of amides is 1. The molecule has 3 N–H and O–H groups in total. The Morgan fingerprint density at radius 2 is 2.22 bits per heavy atom. The second-order valence-corrected chi connectivity index (χ2v) is 7.19. The quantitative estimate of drug-likeness (QED) is 0.422. The molecule has 1 heterocycles. The third kappa shape index (κ3) is 5.91. The minimum atomic E-state index is -0.287. The molecule has 23 heavy (non-hydrogen) atoms. The van der Waals surface area contributed by atoms with E-state index in [2.05, 4.69) is 15.5 Å². The number of carbonyl (C=O) groups excluding carboxylic acids is 2. The zero-order chi connectivity index (χ0) is 15.9. The van der Waals surface area contributed by atoms with Gasteiger partial charge in [0.1, 0.15) is 0 Å². The van der Waals surface area contributed by atoms with E-state index in [0.29, 0.717) is 22.6 Å². The molecular formula is C13H21ClN4O3S2. The molecular weight excluding hydrogens is 360 g/mol. The van der Waals surface area contributed by atoms with Crippen molar-refractivity contribution in [1.82, 2.24) is 10.2 Å². The van der Waals surface area contributed by atoms with Crippen LogP contribution in [0.3, 0.4) is 0 Å². The molecule has 0 aromatic carbocycles. The molecule has 2 atom stereocenters. The molecule has 7 nitrogen and oxygen atoms in total. The number of nitrogens with zero attached hydrogens (tertiary/aromatic N) is 2. The van der Waals surface area contributed by atoms with Crippen molar-refractivity contribution in [2.45, 2.75) is 30.5 Å². The van der Waals surface area contributed by atoms with E-state index in [1.54, 1.807) is 6.92 Å². The predicted octanol–water partition coefficient (Wildman–Crippen LogP) is 1.93. The summed E-state index contributed by atoms with van der Waals surface area (Å²) in [7, 11) is 0. The van der Waals surface area contributed by atoms with Crippen LogP contribution in [0.2, 0.25) is 0 Å². The lowest BCUT2D eigenvalue weighted by atomic mass is 9.95.